The minimum absolute atomic E-state index is 0.215. The second-order valence-corrected chi connectivity index (χ2v) is 7.24. The molecule has 0 bridgehead atoms. The van der Waals surface area contributed by atoms with Gasteiger partial charge in [-0.3, -0.25) is 4.79 Å². The first-order valence-corrected chi connectivity index (χ1v) is 9.73. The van der Waals surface area contributed by atoms with Crippen molar-refractivity contribution in [2.24, 2.45) is 0 Å². The first kappa shape index (κ1) is 17.6. The number of hydrogen-bond donors (Lipinski definition) is 0. The lowest BCUT2D eigenvalue weighted by Crippen LogP contribution is -2.35. The van der Waals surface area contributed by atoms with Crippen molar-refractivity contribution in [1.82, 2.24) is 4.90 Å². The van der Waals surface area contributed by atoms with Crippen LogP contribution in [0.15, 0.2) is 71.3 Å². The zero-order valence-corrected chi connectivity index (χ0v) is 15.6. The molecule has 2 aromatic carbocycles. The first-order chi connectivity index (χ1) is 13.3. The van der Waals surface area contributed by atoms with Gasteiger partial charge in [-0.25, -0.2) is 0 Å². The second kappa shape index (κ2) is 8.26. The van der Waals surface area contributed by atoms with Crippen molar-refractivity contribution in [3.63, 3.8) is 0 Å². The molecule has 3 aromatic rings. The lowest BCUT2D eigenvalue weighted by Gasteiger charge is -2.26. The van der Waals surface area contributed by atoms with E-state index in [2.05, 4.69) is 54.6 Å². The molecule has 1 aromatic heterocycles. The van der Waals surface area contributed by atoms with Gasteiger partial charge >= 0.3 is 0 Å². The van der Waals surface area contributed by atoms with Crippen LogP contribution in [0.3, 0.4) is 0 Å². The molecule has 0 aliphatic carbocycles. The fourth-order valence-corrected chi connectivity index (χ4v) is 3.73. The number of amides is 1. The lowest BCUT2D eigenvalue weighted by molar-refractivity contribution is -0.132. The summed E-state index contributed by atoms with van der Waals surface area (Å²) in [7, 11) is 0. The van der Waals surface area contributed by atoms with Crippen molar-refractivity contribution in [3.8, 4) is 0 Å². The summed E-state index contributed by atoms with van der Waals surface area (Å²) in [5, 5.41) is 0. The highest BCUT2D eigenvalue weighted by Crippen LogP contribution is 2.21. The van der Waals surface area contributed by atoms with E-state index in [9.17, 15) is 4.79 Å². The Bertz CT molecular complexity index is 898. The summed E-state index contributed by atoms with van der Waals surface area (Å²) >= 11 is 0. The van der Waals surface area contributed by atoms with Crippen molar-refractivity contribution in [1.29, 1.82) is 0 Å². The average molecular weight is 359 g/mol. The van der Waals surface area contributed by atoms with Crippen LogP contribution in [-0.2, 0) is 37.0 Å². The summed E-state index contributed by atoms with van der Waals surface area (Å²) in [6.45, 7) is 1.40. The number of benzene rings is 2. The van der Waals surface area contributed by atoms with Gasteiger partial charge in [-0.15, -0.1) is 0 Å². The minimum Gasteiger partial charge on any atom is -0.467 e. The Kier molecular flexibility index (Phi) is 5.38. The van der Waals surface area contributed by atoms with Crippen molar-refractivity contribution in [2.75, 3.05) is 6.54 Å². The zero-order chi connectivity index (χ0) is 18.5. The lowest BCUT2D eigenvalue weighted by atomic mass is 10.0. The van der Waals surface area contributed by atoms with Gasteiger partial charge in [-0.05, 0) is 54.0 Å². The molecule has 0 fully saturated rings. The predicted octanol–water partition coefficient (Wildman–Crippen LogP) is 4.58. The molecular formula is C24H25NO2. The molecule has 1 aliphatic heterocycles. The zero-order valence-electron chi connectivity index (χ0n) is 15.6. The van der Waals surface area contributed by atoms with Crippen LogP contribution in [0.4, 0.5) is 0 Å². The number of carbonyl (C=O) groups is 1. The molecule has 3 nitrogen and oxygen atoms in total. The maximum Gasteiger partial charge on any atom is 0.223 e. The highest BCUT2D eigenvalue weighted by atomic mass is 16.3. The minimum atomic E-state index is 0.215. The van der Waals surface area contributed by atoms with Crippen LogP contribution in [0.2, 0.25) is 0 Å². The van der Waals surface area contributed by atoms with Gasteiger partial charge in [0.25, 0.3) is 0 Å². The van der Waals surface area contributed by atoms with Gasteiger partial charge in [-0.1, -0.05) is 54.6 Å². The molecule has 0 saturated heterocycles. The van der Waals surface area contributed by atoms with Gasteiger partial charge in [0.05, 0.1) is 12.8 Å². The number of hydrogen-bond acceptors (Lipinski definition) is 2. The molecule has 0 spiro atoms. The van der Waals surface area contributed by atoms with Gasteiger partial charge in [0.1, 0.15) is 5.76 Å². The van der Waals surface area contributed by atoms with Gasteiger partial charge in [0.15, 0.2) is 0 Å². The summed E-state index contributed by atoms with van der Waals surface area (Å²) in [4.78, 5) is 14.5. The van der Waals surface area contributed by atoms with E-state index >= 15 is 0 Å². The molecule has 1 amide bonds. The van der Waals surface area contributed by atoms with Gasteiger partial charge in [-0.2, -0.15) is 0 Å². The molecule has 3 heteroatoms. The molecule has 0 atom stereocenters. The predicted molar refractivity (Wildman–Crippen MR) is 106 cm³/mol. The standard InChI is InChI=1S/C24H25NO2/c26-24(25-15-13-22-14-16-27-23(22)18-25)12-11-21-8-4-7-20(17-21)10-9-19-5-2-1-3-6-19/h1-8,14,16-17H,9-13,15,18H2. The van der Waals surface area contributed by atoms with Crippen LogP contribution in [0, 0.1) is 0 Å². The normalized spacial score (nSPS) is 13.4. The molecule has 0 unspecified atom stereocenters. The van der Waals surface area contributed by atoms with Crippen LogP contribution in [0.1, 0.15) is 34.4 Å². The molecule has 4 rings (SSSR count). The first-order valence-electron chi connectivity index (χ1n) is 9.73. The monoisotopic (exact) mass is 359 g/mol. The van der Waals surface area contributed by atoms with Gasteiger partial charge in [0.2, 0.25) is 5.91 Å². The molecule has 0 radical (unpaired) electrons. The van der Waals surface area contributed by atoms with E-state index in [1.807, 2.05) is 11.0 Å². The Hall–Kier alpha value is -2.81. The van der Waals surface area contributed by atoms with E-state index in [1.165, 1.54) is 22.3 Å². The van der Waals surface area contributed by atoms with Crippen molar-refractivity contribution in [3.05, 3.63) is 94.9 Å². The number of rotatable bonds is 6. The quantitative estimate of drug-likeness (QED) is 0.645. The van der Waals surface area contributed by atoms with E-state index in [0.717, 1.165) is 38.0 Å². The summed E-state index contributed by atoms with van der Waals surface area (Å²) in [5.41, 5.74) is 5.18. The van der Waals surface area contributed by atoms with Crippen LogP contribution >= 0.6 is 0 Å². The highest BCUT2D eigenvalue weighted by Gasteiger charge is 2.22. The molecule has 0 N–H and O–H groups in total. The van der Waals surface area contributed by atoms with Gasteiger partial charge in [0, 0.05) is 13.0 Å². The van der Waals surface area contributed by atoms with E-state index in [1.54, 1.807) is 6.26 Å². The van der Waals surface area contributed by atoms with Crippen LogP contribution in [-0.4, -0.2) is 17.4 Å². The number of carbonyl (C=O) groups excluding carboxylic acids is 1. The molecule has 27 heavy (non-hydrogen) atoms. The smallest absolute Gasteiger partial charge is 0.223 e. The number of nitrogens with zero attached hydrogens (tertiary/aromatic N) is 1. The van der Waals surface area contributed by atoms with Crippen molar-refractivity contribution < 1.29 is 9.21 Å². The summed E-state index contributed by atoms with van der Waals surface area (Å²) in [5.74, 6) is 1.16. The third kappa shape index (κ3) is 4.48. The van der Waals surface area contributed by atoms with Crippen LogP contribution in [0.5, 0.6) is 0 Å². The summed E-state index contributed by atoms with van der Waals surface area (Å²) < 4.78 is 5.48. The van der Waals surface area contributed by atoms with Crippen LogP contribution < -0.4 is 0 Å². The van der Waals surface area contributed by atoms with E-state index in [-0.39, 0.29) is 5.91 Å². The number of furan rings is 1. The molecular weight excluding hydrogens is 334 g/mol. The average Bonchev–Trinajstić information content (AvgIpc) is 3.19. The Balaban J connectivity index is 1.30. The second-order valence-electron chi connectivity index (χ2n) is 7.24. The highest BCUT2D eigenvalue weighted by molar-refractivity contribution is 5.76. The molecule has 2 heterocycles. The summed E-state index contributed by atoms with van der Waals surface area (Å²) in [6, 6.07) is 21.2. The largest absolute Gasteiger partial charge is 0.467 e. The van der Waals surface area contributed by atoms with E-state index < -0.39 is 0 Å². The third-order valence-electron chi connectivity index (χ3n) is 5.34. The fourth-order valence-electron chi connectivity index (χ4n) is 3.73. The fraction of sp³-hybridized carbons (Fsp3) is 0.292. The SMILES string of the molecule is O=C(CCc1cccc(CCc2ccccc2)c1)N1CCc2ccoc2C1. The third-order valence-corrected chi connectivity index (χ3v) is 5.34. The van der Waals surface area contributed by atoms with Crippen molar-refractivity contribution >= 4 is 5.91 Å². The topological polar surface area (TPSA) is 33.5 Å². The number of fused-ring (bicyclic) bond motifs is 1. The number of aryl methyl sites for hydroxylation is 3. The van der Waals surface area contributed by atoms with E-state index in [0.29, 0.717) is 13.0 Å². The molecule has 0 saturated carbocycles. The Morgan fingerprint density at radius 2 is 1.63 bits per heavy atom. The maximum atomic E-state index is 12.6. The van der Waals surface area contributed by atoms with Crippen LogP contribution in [0.25, 0.3) is 0 Å². The van der Waals surface area contributed by atoms with Gasteiger partial charge < -0.3 is 9.32 Å². The summed E-state index contributed by atoms with van der Waals surface area (Å²) in [6.07, 6.45) is 6.03. The molecule has 138 valence electrons. The Labute approximate surface area is 160 Å². The maximum absolute atomic E-state index is 12.6. The van der Waals surface area contributed by atoms with E-state index in [4.69, 9.17) is 4.42 Å². The molecule has 1 aliphatic rings. The Morgan fingerprint density at radius 1 is 0.889 bits per heavy atom. The van der Waals surface area contributed by atoms with Crippen molar-refractivity contribution in [2.45, 2.75) is 38.6 Å². The Morgan fingerprint density at radius 3 is 2.48 bits per heavy atom.